The Morgan fingerprint density at radius 2 is 2.33 bits per heavy atom. The second-order valence-electron chi connectivity index (χ2n) is 2.28. The molecule has 0 bridgehead atoms. The first-order valence-corrected chi connectivity index (χ1v) is 4.89. The maximum atomic E-state index is 5.80. The van der Waals surface area contributed by atoms with Crippen molar-refractivity contribution in [3.8, 4) is 0 Å². The van der Waals surface area contributed by atoms with Gasteiger partial charge in [0.1, 0.15) is 0 Å². The summed E-state index contributed by atoms with van der Waals surface area (Å²) in [4.78, 5) is 1.02. The number of hydrogen-bond acceptors (Lipinski definition) is 2. The van der Waals surface area contributed by atoms with E-state index in [0.29, 0.717) is 0 Å². The van der Waals surface area contributed by atoms with Crippen LogP contribution in [0.15, 0.2) is 35.7 Å². The summed E-state index contributed by atoms with van der Waals surface area (Å²) in [6.45, 7) is 3.63. The first kappa shape index (κ1) is 9.49. The highest BCUT2D eigenvalue weighted by Crippen LogP contribution is 2.27. The van der Waals surface area contributed by atoms with Gasteiger partial charge in [0.25, 0.3) is 0 Å². The molecule has 0 heterocycles. The maximum Gasteiger partial charge on any atom is 0.0453 e. The topological polar surface area (TPSA) is 26.0 Å². The number of nitrogens with two attached hydrogens (primary N) is 1. The van der Waals surface area contributed by atoms with Crippen molar-refractivity contribution in [3.63, 3.8) is 0 Å². The van der Waals surface area contributed by atoms with Gasteiger partial charge in [0.15, 0.2) is 0 Å². The molecule has 0 spiro atoms. The predicted octanol–water partition coefficient (Wildman–Crippen LogP) is 3.20. The molecule has 0 aliphatic heterocycles. The summed E-state index contributed by atoms with van der Waals surface area (Å²) in [5.41, 5.74) is 6.49. The molecule has 0 saturated carbocycles. The zero-order valence-electron chi connectivity index (χ0n) is 6.59. The predicted molar refractivity (Wildman–Crippen MR) is 56.8 cm³/mol. The number of rotatable bonds is 3. The van der Waals surface area contributed by atoms with E-state index < -0.39 is 0 Å². The van der Waals surface area contributed by atoms with Crippen LogP contribution in [0.5, 0.6) is 0 Å². The van der Waals surface area contributed by atoms with Gasteiger partial charge >= 0.3 is 0 Å². The van der Waals surface area contributed by atoms with E-state index in [-0.39, 0.29) is 0 Å². The second kappa shape index (κ2) is 4.43. The molecule has 0 atom stereocenters. The monoisotopic (exact) mass is 199 g/mol. The van der Waals surface area contributed by atoms with Crippen molar-refractivity contribution in [2.24, 2.45) is 0 Å². The van der Waals surface area contributed by atoms with E-state index in [9.17, 15) is 0 Å². The lowest BCUT2D eigenvalue weighted by Gasteiger charge is -2.03. The zero-order chi connectivity index (χ0) is 8.97. The third-order valence-corrected chi connectivity index (χ3v) is 2.63. The first-order valence-electron chi connectivity index (χ1n) is 3.52. The molecule has 1 aromatic rings. The fraction of sp³-hybridized carbons (Fsp3) is 0.111. The molecule has 1 aromatic carbocycles. The Balaban J connectivity index is 2.82. The van der Waals surface area contributed by atoms with Crippen LogP contribution in [0.25, 0.3) is 0 Å². The average molecular weight is 200 g/mol. The highest BCUT2D eigenvalue weighted by Gasteiger charge is 1.98. The quantitative estimate of drug-likeness (QED) is 0.460. The van der Waals surface area contributed by atoms with Crippen LogP contribution in [0.4, 0.5) is 5.69 Å². The molecule has 12 heavy (non-hydrogen) atoms. The normalized spacial score (nSPS) is 9.75. The number of halogens is 1. The zero-order valence-corrected chi connectivity index (χ0v) is 8.16. The standard InChI is InChI=1S/C9H10ClNS/c1-2-5-12-9-6-7(10)3-4-8(9)11/h2-4,6H,1,5,11H2. The Bertz CT molecular complexity index is 286. The lowest BCUT2D eigenvalue weighted by Crippen LogP contribution is -1.87. The molecule has 1 nitrogen and oxygen atoms in total. The van der Waals surface area contributed by atoms with Gasteiger partial charge in [0, 0.05) is 21.4 Å². The van der Waals surface area contributed by atoms with Crippen LogP contribution in [-0.4, -0.2) is 5.75 Å². The van der Waals surface area contributed by atoms with Crippen molar-refractivity contribution >= 4 is 29.1 Å². The van der Waals surface area contributed by atoms with Crippen LogP contribution < -0.4 is 5.73 Å². The van der Waals surface area contributed by atoms with Crippen molar-refractivity contribution in [3.05, 3.63) is 35.9 Å². The molecule has 2 N–H and O–H groups in total. The van der Waals surface area contributed by atoms with Crippen LogP contribution in [0.1, 0.15) is 0 Å². The summed E-state index contributed by atoms with van der Waals surface area (Å²) < 4.78 is 0. The minimum absolute atomic E-state index is 0.718. The van der Waals surface area contributed by atoms with Gasteiger partial charge in [-0.25, -0.2) is 0 Å². The summed E-state index contributed by atoms with van der Waals surface area (Å²) in [6, 6.07) is 5.47. The molecule has 0 aliphatic carbocycles. The van der Waals surface area contributed by atoms with Gasteiger partial charge < -0.3 is 5.73 Å². The van der Waals surface area contributed by atoms with Crippen molar-refractivity contribution in [2.75, 3.05) is 11.5 Å². The smallest absolute Gasteiger partial charge is 0.0453 e. The Hall–Kier alpha value is -0.600. The number of anilines is 1. The summed E-state index contributed by atoms with van der Waals surface area (Å²) in [5, 5.41) is 0.718. The second-order valence-corrected chi connectivity index (χ2v) is 3.78. The fourth-order valence-corrected chi connectivity index (χ4v) is 1.76. The van der Waals surface area contributed by atoms with Crippen LogP contribution in [-0.2, 0) is 0 Å². The number of nitrogen functional groups attached to an aromatic ring is 1. The van der Waals surface area contributed by atoms with Gasteiger partial charge in [-0.2, -0.15) is 0 Å². The lowest BCUT2D eigenvalue weighted by atomic mass is 10.3. The summed E-state index contributed by atoms with van der Waals surface area (Å²) in [5.74, 6) is 0.852. The minimum Gasteiger partial charge on any atom is -0.398 e. The summed E-state index contributed by atoms with van der Waals surface area (Å²) in [6.07, 6.45) is 1.84. The van der Waals surface area contributed by atoms with Gasteiger partial charge in [-0.3, -0.25) is 0 Å². The van der Waals surface area contributed by atoms with Gasteiger partial charge in [-0.15, -0.1) is 18.3 Å². The molecule has 0 unspecified atom stereocenters. The van der Waals surface area contributed by atoms with E-state index in [2.05, 4.69) is 6.58 Å². The van der Waals surface area contributed by atoms with Gasteiger partial charge in [0.05, 0.1) is 0 Å². The van der Waals surface area contributed by atoms with Crippen molar-refractivity contribution in [1.82, 2.24) is 0 Å². The third-order valence-electron chi connectivity index (χ3n) is 1.33. The van der Waals surface area contributed by atoms with Crippen molar-refractivity contribution in [2.45, 2.75) is 4.90 Å². The van der Waals surface area contributed by atoms with Gasteiger partial charge in [-0.1, -0.05) is 17.7 Å². The highest BCUT2D eigenvalue weighted by atomic mass is 35.5. The molecule has 1 rings (SSSR count). The summed E-state index contributed by atoms with van der Waals surface area (Å²) in [7, 11) is 0. The van der Waals surface area contributed by atoms with Crippen LogP contribution in [0.2, 0.25) is 5.02 Å². The SMILES string of the molecule is C=CCSc1cc(Cl)ccc1N. The molecule has 0 aliphatic rings. The Morgan fingerprint density at radius 1 is 1.58 bits per heavy atom. The third kappa shape index (κ3) is 2.47. The molecule has 0 radical (unpaired) electrons. The highest BCUT2D eigenvalue weighted by molar-refractivity contribution is 7.99. The first-order chi connectivity index (χ1) is 5.74. The molecular formula is C9H10ClNS. The Labute approximate surface area is 81.6 Å². The van der Waals surface area contributed by atoms with Crippen LogP contribution in [0, 0.1) is 0 Å². The van der Waals surface area contributed by atoms with Crippen LogP contribution in [0.3, 0.4) is 0 Å². The van der Waals surface area contributed by atoms with Crippen molar-refractivity contribution in [1.29, 1.82) is 0 Å². The lowest BCUT2D eigenvalue weighted by molar-refractivity contribution is 1.46. The maximum absolute atomic E-state index is 5.80. The molecular weight excluding hydrogens is 190 g/mol. The van der Waals surface area contributed by atoms with E-state index in [0.717, 1.165) is 21.4 Å². The Kier molecular flexibility index (Phi) is 3.50. The van der Waals surface area contributed by atoms with E-state index in [1.165, 1.54) is 0 Å². The molecule has 0 fully saturated rings. The molecule has 0 amide bonds. The van der Waals surface area contributed by atoms with E-state index in [1.54, 1.807) is 17.8 Å². The van der Waals surface area contributed by atoms with Crippen LogP contribution >= 0.6 is 23.4 Å². The van der Waals surface area contributed by atoms with Crippen molar-refractivity contribution < 1.29 is 0 Å². The number of benzene rings is 1. The molecule has 3 heteroatoms. The number of hydrogen-bond donors (Lipinski definition) is 1. The van der Waals surface area contributed by atoms with Gasteiger partial charge in [0.2, 0.25) is 0 Å². The molecule has 0 saturated heterocycles. The van der Waals surface area contributed by atoms with E-state index in [1.807, 2.05) is 18.2 Å². The van der Waals surface area contributed by atoms with Gasteiger partial charge in [-0.05, 0) is 18.2 Å². The van der Waals surface area contributed by atoms with E-state index in [4.69, 9.17) is 17.3 Å². The molecule has 64 valence electrons. The largest absolute Gasteiger partial charge is 0.398 e. The fourth-order valence-electron chi connectivity index (χ4n) is 0.782. The van der Waals surface area contributed by atoms with E-state index >= 15 is 0 Å². The molecule has 0 aromatic heterocycles. The summed E-state index contributed by atoms with van der Waals surface area (Å²) >= 11 is 7.43. The minimum atomic E-state index is 0.718. The number of thioether (sulfide) groups is 1. The average Bonchev–Trinajstić information content (AvgIpc) is 2.07. The Morgan fingerprint density at radius 3 is 3.00 bits per heavy atom.